The van der Waals surface area contributed by atoms with Crippen molar-refractivity contribution >= 4 is 29.1 Å². The lowest BCUT2D eigenvalue weighted by molar-refractivity contribution is 0.102. The second-order valence-electron chi connectivity index (χ2n) is 5.51. The number of anilines is 2. The van der Waals surface area contributed by atoms with E-state index in [2.05, 4.69) is 20.6 Å². The molecule has 1 aromatic heterocycles. The highest BCUT2D eigenvalue weighted by atomic mass is 35.5. The molecule has 0 aliphatic rings. The van der Waals surface area contributed by atoms with Crippen LogP contribution in [-0.2, 0) is 6.54 Å². The van der Waals surface area contributed by atoms with Gasteiger partial charge in [0.25, 0.3) is 5.91 Å². The minimum Gasteiger partial charge on any atom is -0.350 e. The van der Waals surface area contributed by atoms with Gasteiger partial charge in [-0.25, -0.2) is 9.97 Å². The maximum absolute atomic E-state index is 12.3. The molecule has 0 spiro atoms. The summed E-state index contributed by atoms with van der Waals surface area (Å²) in [6.07, 6.45) is 2.99. The molecule has 0 atom stereocenters. The molecule has 0 aliphatic heterocycles. The number of para-hydroxylation sites is 1. The number of carbonyl (C=O) groups is 1. The van der Waals surface area contributed by atoms with Gasteiger partial charge in [0.05, 0.1) is 5.56 Å². The van der Waals surface area contributed by atoms with Crippen molar-refractivity contribution in [3.05, 3.63) is 82.6 Å². The molecule has 3 aromatic rings. The van der Waals surface area contributed by atoms with Crippen molar-refractivity contribution in [1.82, 2.24) is 9.97 Å². The first-order valence-electron chi connectivity index (χ1n) is 7.80. The van der Waals surface area contributed by atoms with E-state index in [1.807, 2.05) is 55.5 Å². The Hall–Kier alpha value is -2.92. The minimum atomic E-state index is -0.244. The van der Waals surface area contributed by atoms with Crippen LogP contribution in [0.25, 0.3) is 0 Å². The monoisotopic (exact) mass is 352 g/mol. The van der Waals surface area contributed by atoms with Gasteiger partial charge in [0.2, 0.25) is 5.95 Å². The fourth-order valence-electron chi connectivity index (χ4n) is 2.26. The van der Waals surface area contributed by atoms with Crippen LogP contribution in [-0.4, -0.2) is 15.9 Å². The first kappa shape index (κ1) is 16.9. The molecule has 1 amide bonds. The van der Waals surface area contributed by atoms with Crippen LogP contribution in [0.5, 0.6) is 0 Å². The predicted molar refractivity (Wildman–Crippen MR) is 99.9 cm³/mol. The molecule has 25 heavy (non-hydrogen) atoms. The van der Waals surface area contributed by atoms with Gasteiger partial charge < -0.3 is 10.6 Å². The van der Waals surface area contributed by atoms with Crippen LogP contribution in [0, 0.1) is 6.92 Å². The lowest BCUT2D eigenvalue weighted by atomic mass is 10.2. The maximum Gasteiger partial charge on any atom is 0.258 e. The third-order valence-corrected chi connectivity index (χ3v) is 4.07. The third-order valence-electron chi connectivity index (χ3n) is 3.70. The Kier molecular flexibility index (Phi) is 5.26. The first-order chi connectivity index (χ1) is 12.1. The van der Waals surface area contributed by atoms with Crippen LogP contribution in [0.1, 0.15) is 21.5 Å². The average Bonchev–Trinajstić information content (AvgIpc) is 2.63. The molecule has 2 N–H and O–H groups in total. The van der Waals surface area contributed by atoms with Crippen LogP contribution in [0.3, 0.4) is 0 Å². The summed E-state index contributed by atoms with van der Waals surface area (Å²) >= 11 is 6.11. The summed E-state index contributed by atoms with van der Waals surface area (Å²) in [7, 11) is 0. The van der Waals surface area contributed by atoms with Gasteiger partial charge in [0, 0.05) is 29.6 Å². The highest BCUT2D eigenvalue weighted by molar-refractivity contribution is 6.31. The number of hydrogen-bond acceptors (Lipinski definition) is 4. The standard InChI is InChI=1S/C19H17ClN4O/c1-13-6-2-5-9-17(13)24-18(25)15-11-22-19(23-12-15)21-10-14-7-3-4-8-16(14)20/h2-9,11-12H,10H2,1H3,(H,24,25)(H,21,22,23). The number of benzene rings is 2. The minimum absolute atomic E-state index is 0.244. The van der Waals surface area contributed by atoms with Crippen molar-refractivity contribution in [3.63, 3.8) is 0 Å². The number of nitrogens with one attached hydrogen (secondary N) is 2. The summed E-state index contributed by atoms with van der Waals surface area (Å²) in [5.41, 5.74) is 3.11. The van der Waals surface area contributed by atoms with Gasteiger partial charge in [0.1, 0.15) is 0 Å². The summed E-state index contributed by atoms with van der Waals surface area (Å²) in [4.78, 5) is 20.6. The molecular weight excluding hydrogens is 336 g/mol. The van der Waals surface area contributed by atoms with Crippen molar-refractivity contribution in [1.29, 1.82) is 0 Å². The van der Waals surface area contributed by atoms with Crippen molar-refractivity contribution in [3.8, 4) is 0 Å². The highest BCUT2D eigenvalue weighted by Crippen LogP contribution is 2.16. The van der Waals surface area contributed by atoms with E-state index in [1.165, 1.54) is 12.4 Å². The lowest BCUT2D eigenvalue weighted by Gasteiger charge is -2.09. The van der Waals surface area contributed by atoms with E-state index in [-0.39, 0.29) is 5.91 Å². The van der Waals surface area contributed by atoms with Gasteiger partial charge in [-0.05, 0) is 30.2 Å². The van der Waals surface area contributed by atoms with E-state index in [4.69, 9.17) is 11.6 Å². The second-order valence-corrected chi connectivity index (χ2v) is 5.92. The smallest absolute Gasteiger partial charge is 0.258 e. The van der Waals surface area contributed by atoms with Crippen molar-refractivity contribution in [2.75, 3.05) is 10.6 Å². The fraction of sp³-hybridized carbons (Fsp3) is 0.105. The van der Waals surface area contributed by atoms with E-state index in [1.54, 1.807) is 0 Å². The zero-order chi connectivity index (χ0) is 17.6. The topological polar surface area (TPSA) is 66.9 Å². The van der Waals surface area contributed by atoms with Gasteiger partial charge in [0.15, 0.2) is 0 Å². The van der Waals surface area contributed by atoms with E-state index < -0.39 is 0 Å². The predicted octanol–water partition coefficient (Wildman–Crippen LogP) is 4.30. The quantitative estimate of drug-likeness (QED) is 0.718. The zero-order valence-electron chi connectivity index (χ0n) is 13.7. The van der Waals surface area contributed by atoms with Gasteiger partial charge in [-0.15, -0.1) is 0 Å². The number of hydrogen-bond donors (Lipinski definition) is 2. The number of nitrogens with zero attached hydrogens (tertiary/aromatic N) is 2. The fourth-order valence-corrected chi connectivity index (χ4v) is 2.46. The number of aromatic nitrogens is 2. The number of halogens is 1. The van der Waals surface area contributed by atoms with E-state index in [0.29, 0.717) is 23.1 Å². The Morgan fingerprint density at radius 3 is 2.44 bits per heavy atom. The van der Waals surface area contributed by atoms with E-state index in [0.717, 1.165) is 16.8 Å². The van der Waals surface area contributed by atoms with Gasteiger partial charge in [-0.1, -0.05) is 48.0 Å². The van der Waals surface area contributed by atoms with Crippen LogP contribution >= 0.6 is 11.6 Å². The average molecular weight is 353 g/mol. The van der Waals surface area contributed by atoms with E-state index in [9.17, 15) is 4.79 Å². The number of carbonyl (C=O) groups excluding carboxylic acids is 1. The highest BCUT2D eigenvalue weighted by Gasteiger charge is 2.09. The Balaban J connectivity index is 1.63. The molecule has 1 heterocycles. The molecular formula is C19H17ClN4O. The number of amides is 1. The molecule has 0 bridgehead atoms. The Morgan fingerprint density at radius 1 is 1.04 bits per heavy atom. The largest absolute Gasteiger partial charge is 0.350 e. The third kappa shape index (κ3) is 4.33. The number of aryl methyl sites for hydroxylation is 1. The molecule has 0 unspecified atom stereocenters. The summed E-state index contributed by atoms with van der Waals surface area (Å²) in [5, 5.41) is 6.63. The molecule has 2 aromatic carbocycles. The lowest BCUT2D eigenvalue weighted by Crippen LogP contribution is -2.14. The normalized spacial score (nSPS) is 10.3. The maximum atomic E-state index is 12.3. The Labute approximate surface area is 151 Å². The molecule has 0 aliphatic carbocycles. The van der Waals surface area contributed by atoms with E-state index >= 15 is 0 Å². The number of rotatable bonds is 5. The van der Waals surface area contributed by atoms with Crippen LogP contribution < -0.4 is 10.6 Å². The summed E-state index contributed by atoms with van der Waals surface area (Å²) < 4.78 is 0. The van der Waals surface area contributed by atoms with Crippen LogP contribution in [0.2, 0.25) is 5.02 Å². The zero-order valence-corrected chi connectivity index (χ0v) is 14.4. The SMILES string of the molecule is Cc1ccccc1NC(=O)c1cnc(NCc2ccccc2Cl)nc1. The molecule has 0 saturated carbocycles. The van der Waals surface area contributed by atoms with Crippen LogP contribution in [0.15, 0.2) is 60.9 Å². The molecule has 126 valence electrons. The summed E-state index contributed by atoms with van der Waals surface area (Å²) in [6.45, 7) is 2.45. The molecule has 6 heteroatoms. The van der Waals surface area contributed by atoms with Crippen molar-refractivity contribution in [2.45, 2.75) is 13.5 Å². The first-order valence-corrected chi connectivity index (χ1v) is 8.17. The van der Waals surface area contributed by atoms with Crippen molar-refractivity contribution in [2.24, 2.45) is 0 Å². The van der Waals surface area contributed by atoms with Crippen molar-refractivity contribution < 1.29 is 4.79 Å². The Bertz CT molecular complexity index is 881. The summed E-state index contributed by atoms with van der Waals surface area (Å²) in [5.74, 6) is 0.194. The van der Waals surface area contributed by atoms with Gasteiger partial charge in [-0.2, -0.15) is 0 Å². The van der Waals surface area contributed by atoms with Gasteiger partial charge in [-0.3, -0.25) is 4.79 Å². The van der Waals surface area contributed by atoms with Crippen LogP contribution in [0.4, 0.5) is 11.6 Å². The summed E-state index contributed by atoms with van der Waals surface area (Å²) in [6, 6.07) is 15.2. The molecule has 3 rings (SSSR count). The molecule has 0 fully saturated rings. The Morgan fingerprint density at radius 2 is 1.72 bits per heavy atom. The molecule has 0 radical (unpaired) electrons. The molecule has 0 saturated heterocycles. The second kappa shape index (κ2) is 7.77. The molecule has 5 nitrogen and oxygen atoms in total. The van der Waals surface area contributed by atoms with Gasteiger partial charge >= 0.3 is 0 Å².